The van der Waals surface area contributed by atoms with Gasteiger partial charge in [-0.05, 0) is 30.5 Å². The molecule has 0 saturated heterocycles. The highest BCUT2D eigenvalue weighted by molar-refractivity contribution is 7.10. The lowest BCUT2D eigenvalue weighted by molar-refractivity contribution is -0.139. The molecule has 1 amide bonds. The maximum atomic E-state index is 12.0. The molecule has 19 heavy (non-hydrogen) atoms. The van der Waals surface area contributed by atoms with Gasteiger partial charge in [-0.15, -0.1) is 11.3 Å². The number of thiophene rings is 1. The fraction of sp³-hybridized carbons (Fsp3) is 0.154. The van der Waals surface area contributed by atoms with E-state index in [4.69, 9.17) is 0 Å². The van der Waals surface area contributed by atoms with E-state index in [1.807, 2.05) is 0 Å². The highest BCUT2D eigenvalue weighted by Gasteiger charge is 2.23. The summed E-state index contributed by atoms with van der Waals surface area (Å²) in [4.78, 5) is 27.8. The third-order valence-electron chi connectivity index (χ3n) is 2.51. The third kappa shape index (κ3) is 3.17. The highest BCUT2D eigenvalue weighted by atomic mass is 32.1. The molecule has 6 heteroatoms. The molecular formula is C13H12N2O3S. The Hall–Kier alpha value is -2.21. The number of carboxylic acids is 1. The van der Waals surface area contributed by atoms with Crippen molar-refractivity contribution >= 4 is 23.2 Å². The zero-order valence-corrected chi connectivity index (χ0v) is 11.0. The number of rotatable bonds is 4. The Morgan fingerprint density at radius 1 is 1.42 bits per heavy atom. The molecule has 0 aliphatic heterocycles. The van der Waals surface area contributed by atoms with Crippen molar-refractivity contribution in [2.45, 2.75) is 13.0 Å². The predicted molar refractivity (Wildman–Crippen MR) is 71.1 cm³/mol. The largest absolute Gasteiger partial charge is 0.479 e. The number of carbonyl (C=O) groups excluding carboxylic acids is 1. The monoisotopic (exact) mass is 276 g/mol. The van der Waals surface area contributed by atoms with Crippen LogP contribution in [0.15, 0.2) is 35.8 Å². The fourth-order valence-electron chi connectivity index (χ4n) is 1.61. The fourth-order valence-corrected chi connectivity index (χ4v) is 2.38. The molecule has 5 nitrogen and oxygen atoms in total. The highest BCUT2D eigenvalue weighted by Crippen LogP contribution is 2.19. The maximum Gasteiger partial charge on any atom is 0.331 e. The molecule has 2 aromatic heterocycles. The lowest BCUT2D eigenvalue weighted by atomic mass is 10.2. The zero-order valence-electron chi connectivity index (χ0n) is 10.2. The van der Waals surface area contributed by atoms with Crippen LogP contribution in [0.25, 0.3) is 0 Å². The molecule has 0 aromatic carbocycles. The number of carboxylic acid groups (broad SMARTS) is 1. The van der Waals surface area contributed by atoms with Crippen LogP contribution in [0.5, 0.6) is 0 Å². The second kappa shape index (κ2) is 5.62. The number of aromatic nitrogens is 1. The van der Waals surface area contributed by atoms with Gasteiger partial charge in [-0.1, -0.05) is 6.07 Å². The van der Waals surface area contributed by atoms with Crippen LogP contribution in [-0.2, 0) is 4.79 Å². The van der Waals surface area contributed by atoms with E-state index in [0.717, 1.165) is 0 Å². The number of carbonyl (C=O) groups is 2. The zero-order chi connectivity index (χ0) is 13.8. The summed E-state index contributed by atoms with van der Waals surface area (Å²) < 4.78 is 0. The van der Waals surface area contributed by atoms with Gasteiger partial charge in [0.05, 0.1) is 0 Å². The Morgan fingerprint density at radius 2 is 2.21 bits per heavy atom. The van der Waals surface area contributed by atoms with Gasteiger partial charge in [-0.25, -0.2) is 4.79 Å². The first-order valence-electron chi connectivity index (χ1n) is 5.57. The topological polar surface area (TPSA) is 79.3 Å². The van der Waals surface area contributed by atoms with Crippen molar-refractivity contribution in [3.05, 3.63) is 52.0 Å². The van der Waals surface area contributed by atoms with E-state index in [2.05, 4.69) is 10.3 Å². The average molecular weight is 276 g/mol. The Kier molecular flexibility index (Phi) is 3.91. The molecule has 0 aliphatic carbocycles. The van der Waals surface area contributed by atoms with E-state index >= 15 is 0 Å². The molecule has 2 rings (SSSR count). The van der Waals surface area contributed by atoms with Gasteiger partial charge in [0, 0.05) is 22.3 Å². The smallest absolute Gasteiger partial charge is 0.331 e. The molecule has 98 valence electrons. The van der Waals surface area contributed by atoms with Crippen LogP contribution in [0.2, 0.25) is 0 Å². The lowest BCUT2D eigenvalue weighted by Crippen LogP contribution is -2.33. The normalized spacial score (nSPS) is 11.8. The van der Waals surface area contributed by atoms with Crippen LogP contribution in [0, 0.1) is 6.92 Å². The van der Waals surface area contributed by atoms with Crippen molar-refractivity contribution in [2.75, 3.05) is 0 Å². The molecule has 1 atom stereocenters. The standard InChI is InChI=1S/C13H12N2O3S/c1-8-7-9(4-5-14-8)12(16)15-11(13(17)18)10-3-2-6-19-10/h2-7,11H,1H3,(H,15,16)(H,17,18). The van der Waals surface area contributed by atoms with E-state index < -0.39 is 17.9 Å². The van der Waals surface area contributed by atoms with E-state index in [1.54, 1.807) is 36.6 Å². The van der Waals surface area contributed by atoms with Crippen LogP contribution in [-0.4, -0.2) is 22.0 Å². The molecular weight excluding hydrogens is 264 g/mol. The Bertz CT molecular complexity index is 596. The van der Waals surface area contributed by atoms with E-state index in [-0.39, 0.29) is 0 Å². The van der Waals surface area contributed by atoms with Gasteiger partial charge in [0.25, 0.3) is 5.91 Å². The summed E-state index contributed by atoms with van der Waals surface area (Å²) in [5, 5.41) is 13.5. The quantitative estimate of drug-likeness (QED) is 0.895. The predicted octanol–water partition coefficient (Wildman–Crippen LogP) is 2.01. The van der Waals surface area contributed by atoms with Crippen LogP contribution >= 0.6 is 11.3 Å². The van der Waals surface area contributed by atoms with Gasteiger partial charge < -0.3 is 10.4 Å². The van der Waals surface area contributed by atoms with Crippen LogP contribution < -0.4 is 5.32 Å². The van der Waals surface area contributed by atoms with Crippen molar-refractivity contribution in [3.63, 3.8) is 0 Å². The molecule has 0 spiro atoms. The molecule has 0 radical (unpaired) electrons. The average Bonchev–Trinajstić information content (AvgIpc) is 2.88. The molecule has 2 heterocycles. The first-order chi connectivity index (χ1) is 9.08. The summed E-state index contributed by atoms with van der Waals surface area (Å²) in [7, 11) is 0. The minimum Gasteiger partial charge on any atom is -0.479 e. The van der Waals surface area contributed by atoms with Crippen LogP contribution in [0.3, 0.4) is 0 Å². The van der Waals surface area contributed by atoms with Gasteiger partial charge in [0.1, 0.15) is 0 Å². The number of hydrogen-bond donors (Lipinski definition) is 2. The number of aliphatic carboxylic acids is 1. The number of amides is 1. The maximum absolute atomic E-state index is 12.0. The van der Waals surface area contributed by atoms with Crippen molar-refractivity contribution in [1.29, 1.82) is 0 Å². The van der Waals surface area contributed by atoms with Crippen LogP contribution in [0.1, 0.15) is 27.0 Å². The third-order valence-corrected chi connectivity index (χ3v) is 3.45. The molecule has 1 unspecified atom stereocenters. The molecule has 0 fully saturated rings. The second-order valence-electron chi connectivity index (χ2n) is 3.95. The summed E-state index contributed by atoms with van der Waals surface area (Å²) in [5.41, 5.74) is 1.10. The van der Waals surface area contributed by atoms with E-state index in [1.165, 1.54) is 17.5 Å². The minimum atomic E-state index is -1.08. The van der Waals surface area contributed by atoms with Crippen molar-refractivity contribution < 1.29 is 14.7 Å². The molecule has 2 aromatic rings. The van der Waals surface area contributed by atoms with Crippen molar-refractivity contribution in [2.24, 2.45) is 0 Å². The first-order valence-corrected chi connectivity index (χ1v) is 6.45. The summed E-state index contributed by atoms with van der Waals surface area (Å²) in [6.45, 7) is 1.77. The number of hydrogen-bond acceptors (Lipinski definition) is 4. The van der Waals surface area contributed by atoms with Gasteiger partial charge in [-0.2, -0.15) is 0 Å². The van der Waals surface area contributed by atoms with E-state index in [9.17, 15) is 14.7 Å². The lowest BCUT2D eigenvalue weighted by Gasteiger charge is -2.13. The van der Waals surface area contributed by atoms with Gasteiger partial charge in [0.15, 0.2) is 6.04 Å². The SMILES string of the molecule is Cc1cc(C(=O)NC(C(=O)O)c2cccs2)ccn1. The second-order valence-corrected chi connectivity index (χ2v) is 4.93. The summed E-state index contributed by atoms with van der Waals surface area (Å²) in [6, 6.07) is 5.57. The minimum absolute atomic E-state index is 0.398. The first kappa shape index (κ1) is 13.2. The Labute approximate surface area is 113 Å². The van der Waals surface area contributed by atoms with Gasteiger partial charge >= 0.3 is 5.97 Å². The number of nitrogens with zero attached hydrogens (tertiary/aromatic N) is 1. The Morgan fingerprint density at radius 3 is 2.79 bits per heavy atom. The molecule has 0 aliphatic rings. The molecule has 0 saturated carbocycles. The number of pyridine rings is 1. The van der Waals surface area contributed by atoms with Crippen molar-refractivity contribution in [3.8, 4) is 0 Å². The molecule has 0 bridgehead atoms. The van der Waals surface area contributed by atoms with Crippen molar-refractivity contribution in [1.82, 2.24) is 10.3 Å². The van der Waals surface area contributed by atoms with Crippen LogP contribution in [0.4, 0.5) is 0 Å². The number of aryl methyl sites for hydroxylation is 1. The summed E-state index contributed by atoms with van der Waals surface area (Å²) in [5.74, 6) is -1.51. The molecule has 2 N–H and O–H groups in total. The van der Waals surface area contributed by atoms with Gasteiger partial charge in [0.2, 0.25) is 0 Å². The Balaban J connectivity index is 2.19. The van der Waals surface area contributed by atoms with E-state index in [0.29, 0.717) is 16.1 Å². The van der Waals surface area contributed by atoms with Gasteiger partial charge in [-0.3, -0.25) is 9.78 Å². The summed E-state index contributed by atoms with van der Waals surface area (Å²) >= 11 is 1.29. The summed E-state index contributed by atoms with van der Waals surface area (Å²) in [6.07, 6.45) is 1.52. The number of nitrogens with one attached hydrogen (secondary N) is 1.